The second-order valence-corrected chi connectivity index (χ2v) is 6.72. The molecule has 0 saturated carbocycles. The van der Waals surface area contributed by atoms with E-state index in [-0.39, 0.29) is 23.7 Å². The Morgan fingerprint density at radius 3 is 2.57 bits per heavy atom. The standard InChI is InChI=1S/C10H10ClN3O6S/c11-6-2-8(9(15)3-7(6)14(17)18)13-4-5(1-10(13)16)21(12,19)20/h2-3,5,15H,1,4H2,(H2,12,19,20). The van der Waals surface area contributed by atoms with Crippen molar-refractivity contribution in [3.63, 3.8) is 0 Å². The maximum atomic E-state index is 11.8. The van der Waals surface area contributed by atoms with Crippen LogP contribution in [0.3, 0.4) is 0 Å². The minimum atomic E-state index is -3.91. The highest BCUT2D eigenvalue weighted by molar-refractivity contribution is 7.89. The van der Waals surface area contributed by atoms with Crippen LogP contribution in [0.5, 0.6) is 5.75 Å². The first-order valence-corrected chi connectivity index (χ1v) is 7.59. The van der Waals surface area contributed by atoms with Gasteiger partial charge in [0.1, 0.15) is 16.0 Å². The highest BCUT2D eigenvalue weighted by Gasteiger charge is 2.38. The Hall–Kier alpha value is -1.91. The molecule has 1 saturated heterocycles. The van der Waals surface area contributed by atoms with E-state index in [1.54, 1.807) is 0 Å². The van der Waals surface area contributed by atoms with E-state index >= 15 is 0 Å². The van der Waals surface area contributed by atoms with Gasteiger partial charge in [0.25, 0.3) is 5.69 Å². The van der Waals surface area contributed by atoms with Crippen LogP contribution in [-0.4, -0.2) is 36.1 Å². The number of nitrogens with two attached hydrogens (primary N) is 1. The molecule has 1 unspecified atom stereocenters. The van der Waals surface area contributed by atoms with Crippen molar-refractivity contribution in [3.8, 4) is 5.75 Å². The Morgan fingerprint density at radius 2 is 2.10 bits per heavy atom. The number of halogens is 1. The number of amides is 1. The number of phenols is 1. The van der Waals surface area contributed by atoms with Crippen LogP contribution in [0, 0.1) is 10.1 Å². The number of hydrogen-bond acceptors (Lipinski definition) is 6. The van der Waals surface area contributed by atoms with Crippen LogP contribution < -0.4 is 10.0 Å². The van der Waals surface area contributed by atoms with Gasteiger partial charge in [0.15, 0.2) is 0 Å². The Labute approximate surface area is 124 Å². The third-order valence-corrected chi connectivity index (χ3v) is 4.63. The van der Waals surface area contributed by atoms with Crippen LogP contribution in [0.4, 0.5) is 11.4 Å². The Kier molecular flexibility index (Phi) is 3.78. The third-order valence-electron chi connectivity index (χ3n) is 3.09. The van der Waals surface area contributed by atoms with Crippen molar-refractivity contribution in [2.45, 2.75) is 11.7 Å². The molecule has 3 N–H and O–H groups in total. The molecule has 0 radical (unpaired) electrons. The molecular formula is C10H10ClN3O6S. The van der Waals surface area contributed by atoms with Crippen LogP contribution in [0.2, 0.25) is 5.02 Å². The fourth-order valence-corrected chi connectivity index (χ4v) is 2.98. The van der Waals surface area contributed by atoms with E-state index in [0.29, 0.717) is 0 Å². The van der Waals surface area contributed by atoms with Crippen LogP contribution in [-0.2, 0) is 14.8 Å². The van der Waals surface area contributed by atoms with E-state index in [0.717, 1.165) is 17.0 Å². The van der Waals surface area contributed by atoms with E-state index in [4.69, 9.17) is 16.7 Å². The maximum absolute atomic E-state index is 11.8. The molecule has 0 bridgehead atoms. The number of sulfonamides is 1. The van der Waals surface area contributed by atoms with Gasteiger partial charge in [0, 0.05) is 13.0 Å². The summed E-state index contributed by atoms with van der Waals surface area (Å²) in [5.74, 6) is -1.12. The maximum Gasteiger partial charge on any atom is 0.291 e. The third kappa shape index (κ3) is 2.91. The summed E-state index contributed by atoms with van der Waals surface area (Å²) in [7, 11) is -3.91. The summed E-state index contributed by atoms with van der Waals surface area (Å²) in [6, 6.07) is 1.84. The highest BCUT2D eigenvalue weighted by Crippen LogP contribution is 2.39. The summed E-state index contributed by atoms with van der Waals surface area (Å²) in [5, 5.41) is 24.1. The molecule has 114 valence electrons. The van der Waals surface area contributed by atoms with E-state index in [2.05, 4.69) is 0 Å². The minimum Gasteiger partial charge on any atom is -0.505 e. The van der Waals surface area contributed by atoms with E-state index in [9.17, 15) is 28.4 Å². The number of nitro groups is 1. The predicted molar refractivity (Wildman–Crippen MR) is 73.6 cm³/mol. The first-order valence-electron chi connectivity index (χ1n) is 5.60. The minimum absolute atomic E-state index is 0.0956. The number of rotatable bonds is 3. The second kappa shape index (κ2) is 5.13. The normalized spacial score (nSPS) is 19.0. The average molecular weight is 336 g/mol. The van der Waals surface area contributed by atoms with Crippen LogP contribution in [0.25, 0.3) is 0 Å². The van der Waals surface area contributed by atoms with Crippen molar-refractivity contribution in [1.82, 2.24) is 0 Å². The zero-order chi connectivity index (χ0) is 15.9. The van der Waals surface area contributed by atoms with Gasteiger partial charge in [-0.2, -0.15) is 0 Å². The van der Waals surface area contributed by atoms with Crippen LogP contribution in [0.15, 0.2) is 12.1 Å². The molecule has 1 aliphatic heterocycles. The lowest BCUT2D eigenvalue weighted by atomic mass is 10.2. The molecule has 1 amide bonds. The molecule has 1 heterocycles. The molecule has 1 aromatic rings. The van der Waals surface area contributed by atoms with Crippen LogP contribution >= 0.6 is 11.6 Å². The van der Waals surface area contributed by atoms with Crippen molar-refractivity contribution >= 4 is 38.9 Å². The molecule has 1 aromatic carbocycles. The van der Waals surface area contributed by atoms with Crippen molar-refractivity contribution in [1.29, 1.82) is 0 Å². The molecule has 0 spiro atoms. The summed E-state index contributed by atoms with van der Waals surface area (Å²) < 4.78 is 22.5. The number of nitro benzene ring substituents is 1. The second-order valence-electron chi connectivity index (χ2n) is 4.47. The number of anilines is 1. The van der Waals surface area contributed by atoms with Gasteiger partial charge in [0.05, 0.1) is 16.7 Å². The molecule has 0 aliphatic carbocycles. The molecule has 21 heavy (non-hydrogen) atoms. The quantitative estimate of drug-likeness (QED) is 0.602. The summed E-state index contributed by atoms with van der Waals surface area (Å²) >= 11 is 5.72. The molecule has 0 aromatic heterocycles. The number of aromatic hydroxyl groups is 1. The molecular weight excluding hydrogens is 326 g/mol. The van der Waals surface area contributed by atoms with E-state index < -0.39 is 37.5 Å². The largest absolute Gasteiger partial charge is 0.505 e. The zero-order valence-corrected chi connectivity index (χ0v) is 12.0. The lowest BCUT2D eigenvalue weighted by molar-refractivity contribution is -0.384. The van der Waals surface area contributed by atoms with Crippen molar-refractivity contribution in [2.75, 3.05) is 11.4 Å². The van der Waals surface area contributed by atoms with Crippen molar-refractivity contribution in [3.05, 3.63) is 27.3 Å². The summed E-state index contributed by atoms with van der Waals surface area (Å²) in [5.41, 5.74) is -0.616. The number of carbonyl (C=O) groups excluding carboxylic acids is 1. The van der Waals surface area contributed by atoms with Gasteiger partial charge in [-0.25, -0.2) is 13.6 Å². The number of hydrogen-bond donors (Lipinski definition) is 2. The van der Waals surface area contributed by atoms with E-state index in [1.807, 2.05) is 0 Å². The number of benzene rings is 1. The molecule has 11 heteroatoms. The fourth-order valence-electron chi connectivity index (χ4n) is 2.02. The lowest BCUT2D eigenvalue weighted by Gasteiger charge is -2.18. The SMILES string of the molecule is NS(=O)(=O)C1CC(=O)N(c2cc(Cl)c([N+](=O)[O-])cc2O)C1. The first kappa shape index (κ1) is 15.5. The topological polar surface area (TPSA) is 144 Å². The van der Waals surface area contributed by atoms with Crippen molar-refractivity contribution in [2.24, 2.45) is 5.14 Å². The number of nitrogens with zero attached hydrogens (tertiary/aromatic N) is 2. The number of phenolic OH excluding ortho intramolecular Hbond substituents is 1. The summed E-state index contributed by atoms with van der Waals surface area (Å²) in [6.45, 7) is -0.251. The first-order chi connectivity index (χ1) is 9.61. The van der Waals surface area contributed by atoms with Gasteiger partial charge in [-0.3, -0.25) is 14.9 Å². The molecule has 1 aliphatic rings. The van der Waals surface area contributed by atoms with Gasteiger partial charge in [-0.15, -0.1) is 0 Å². The monoisotopic (exact) mass is 335 g/mol. The zero-order valence-electron chi connectivity index (χ0n) is 10.4. The lowest BCUT2D eigenvalue weighted by Crippen LogP contribution is -2.32. The molecule has 9 nitrogen and oxygen atoms in total. The molecule has 1 fully saturated rings. The number of carbonyl (C=O) groups is 1. The van der Waals surface area contributed by atoms with Crippen molar-refractivity contribution < 1.29 is 23.2 Å². The molecule has 1 atom stereocenters. The summed E-state index contributed by atoms with van der Waals surface area (Å²) in [6.07, 6.45) is -0.327. The van der Waals surface area contributed by atoms with Gasteiger partial charge in [-0.1, -0.05) is 11.6 Å². The van der Waals surface area contributed by atoms with Gasteiger partial charge >= 0.3 is 0 Å². The fraction of sp³-hybridized carbons (Fsp3) is 0.300. The highest BCUT2D eigenvalue weighted by atomic mass is 35.5. The van der Waals surface area contributed by atoms with E-state index in [1.165, 1.54) is 0 Å². The molecule has 2 rings (SSSR count). The van der Waals surface area contributed by atoms with Gasteiger partial charge in [0.2, 0.25) is 15.9 Å². The van der Waals surface area contributed by atoms with Gasteiger partial charge < -0.3 is 10.0 Å². The number of primary sulfonamides is 1. The Morgan fingerprint density at radius 1 is 1.48 bits per heavy atom. The smallest absolute Gasteiger partial charge is 0.291 e. The predicted octanol–water partition coefficient (Wildman–Crippen LogP) is 0.348. The van der Waals surface area contributed by atoms with Gasteiger partial charge in [-0.05, 0) is 6.07 Å². The Bertz CT molecular complexity index is 735. The Balaban J connectivity index is 2.42. The summed E-state index contributed by atoms with van der Waals surface area (Å²) in [4.78, 5) is 22.7. The average Bonchev–Trinajstić information content (AvgIpc) is 2.73. The van der Waals surface area contributed by atoms with Crippen LogP contribution in [0.1, 0.15) is 6.42 Å².